The smallest absolute Gasteiger partial charge is 0.0823 e. The van der Waals surface area contributed by atoms with Gasteiger partial charge in [0, 0.05) is 0 Å². The summed E-state index contributed by atoms with van der Waals surface area (Å²) in [6.45, 7) is 11.1. The highest BCUT2D eigenvalue weighted by Crippen LogP contribution is 2.41. The highest BCUT2D eigenvalue weighted by molar-refractivity contribution is 5.39. The topological polar surface area (TPSA) is 20.2 Å². The third-order valence-electron chi connectivity index (χ3n) is 5.12. The molecular formula is C18H28O. The first-order valence-corrected chi connectivity index (χ1v) is 7.66. The number of hydrogen-bond donors (Lipinski definition) is 1. The van der Waals surface area contributed by atoms with E-state index in [1.54, 1.807) is 0 Å². The fourth-order valence-electron chi connectivity index (χ4n) is 3.77. The van der Waals surface area contributed by atoms with Gasteiger partial charge in [-0.25, -0.2) is 0 Å². The number of rotatable bonds is 2. The van der Waals surface area contributed by atoms with Gasteiger partial charge in [0.25, 0.3) is 0 Å². The van der Waals surface area contributed by atoms with E-state index in [-0.39, 0.29) is 6.10 Å². The Morgan fingerprint density at radius 1 is 1.00 bits per heavy atom. The molecule has 0 spiro atoms. The second-order valence-corrected chi connectivity index (χ2v) is 6.78. The maximum absolute atomic E-state index is 10.8. The van der Waals surface area contributed by atoms with Gasteiger partial charge in [-0.1, -0.05) is 38.0 Å². The average molecular weight is 260 g/mol. The molecule has 0 aliphatic heterocycles. The molecule has 1 aliphatic carbocycles. The lowest BCUT2D eigenvalue weighted by atomic mass is 9.72. The predicted molar refractivity (Wildman–Crippen MR) is 81.3 cm³/mol. The molecule has 0 aromatic heterocycles. The number of aliphatic hydroxyl groups is 1. The van der Waals surface area contributed by atoms with Crippen molar-refractivity contribution in [2.75, 3.05) is 0 Å². The van der Waals surface area contributed by atoms with E-state index in [9.17, 15) is 5.11 Å². The average Bonchev–Trinajstić information content (AvgIpc) is 2.31. The summed E-state index contributed by atoms with van der Waals surface area (Å²) in [5, 5.41) is 10.8. The summed E-state index contributed by atoms with van der Waals surface area (Å²) in [6.07, 6.45) is 3.30. The molecule has 1 N–H and O–H groups in total. The van der Waals surface area contributed by atoms with Crippen LogP contribution in [0.4, 0.5) is 0 Å². The Balaban J connectivity index is 2.23. The molecule has 4 unspecified atom stereocenters. The number of hydrogen-bond acceptors (Lipinski definition) is 1. The molecule has 1 nitrogen and oxygen atoms in total. The van der Waals surface area contributed by atoms with Crippen molar-refractivity contribution in [2.24, 2.45) is 17.8 Å². The van der Waals surface area contributed by atoms with Gasteiger partial charge in [-0.15, -0.1) is 0 Å². The Hall–Kier alpha value is -0.820. The fourth-order valence-corrected chi connectivity index (χ4v) is 3.77. The van der Waals surface area contributed by atoms with Crippen LogP contribution < -0.4 is 0 Å². The highest BCUT2D eigenvalue weighted by atomic mass is 16.3. The first-order valence-electron chi connectivity index (χ1n) is 7.66. The summed E-state index contributed by atoms with van der Waals surface area (Å²) >= 11 is 0. The predicted octanol–water partition coefficient (Wildman–Crippen LogP) is 4.72. The van der Waals surface area contributed by atoms with Crippen molar-refractivity contribution in [2.45, 2.75) is 60.0 Å². The van der Waals surface area contributed by atoms with E-state index in [0.717, 1.165) is 18.3 Å². The van der Waals surface area contributed by atoms with E-state index in [4.69, 9.17) is 0 Å². The van der Waals surface area contributed by atoms with Gasteiger partial charge < -0.3 is 5.11 Å². The first-order chi connectivity index (χ1) is 8.90. The summed E-state index contributed by atoms with van der Waals surface area (Å²) in [6, 6.07) is 4.39. The Bertz CT molecular complexity index is 426. The van der Waals surface area contributed by atoms with Crippen molar-refractivity contribution in [1.29, 1.82) is 0 Å². The molecule has 2 rings (SSSR count). The molecule has 1 aromatic carbocycles. The molecule has 0 heterocycles. The monoisotopic (exact) mass is 260 g/mol. The molecule has 4 atom stereocenters. The summed E-state index contributed by atoms with van der Waals surface area (Å²) in [5.41, 5.74) is 4.96. The quantitative estimate of drug-likeness (QED) is 0.816. The van der Waals surface area contributed by atoms with Crippen molar-refractivity contribution in [3.63, 3.8) is 0 Å². The molecule has 106 valence electrons. The van der Waals surface area contributed by atoms with Crippen LogP contribution in [0.15, 0.2) is 12.1 Å². The van der Waals surface area contributed by atoms with Gasteiger partial charge in [-0.2, -0.15) is 0 Å². The SMILES string of the molecule is Cc1cc(C)c(C(O)C2CCC(C)C(C)C2)c(C)c1. The maximum atomic E-state index is 10.8. The Morgan fingerprint density at radius 2 is 1.58 bits per heavy atom. The lowest BCUT2D eigenvalue weighted by Crippen LogP contribution is -2.26. The molecule has 0 bridgehead atoms. The molecule has 1 aromatic rings. The Morgan fingerprint density at radius 3 is 2.11 bits per heavy atom. The van der Waals surface area contributed by atoms with Gasteiger partial charge in [0.05, 0.1) is 6.10 Å². The minimum atomic E-state index is -0.282. The molecule has 1 saturated carbocycles. The van der Waals surface area contributed by atoms with E-state index in [1.165, 1.54) is 35.1 Å². The second-order valence-electron chi connectivity index (χ2n) is 6.78. The molecule has 1 heteroatoms. The molecule has 1 aliphatic rings. The van der Waals surface area contributed by atoms with Crippen molar-refractivity contribution in [1.82, 2.24) is 0 Å². The van der Waals surface area contributed by atoms with E-state index in [0.29, 0.717) is 5.92 Å². The van der Waals surface area contributed by atoms with Crippen LogP contribution in [0.2, 0.25) is 0 Å². The zero-order valence-corrected chi connectivity index (χ0v) is 13.0. The first kappa shape index (κ1) is 14.6. The van der Waals surface area contributed by atoms with Gasteiger partial charge in [-0.3, -0.25) is 0 Å². The zero-order valence-electron chi connectivity index (χ0n) is 13.0. The minimum absolute atomic E-state index is 0.282. The van der Waals surface area contributed by atoms with Crippen molar-refractivity contribution in [3.05, 3.63) is 34.4 Å². The van der Waals surface area contributed by atoms with Crippen LogP contribution in [0.1, 0.15) is 61.5 Å². The third-order valence-corrected chi connectivity index (χ3v) is 5.12. The molecule has 0 amide bonds. The molecule has 19 heavy (non-hydrogen) atoms. The fraction of sp³-hybridized carbons (Fsp3) is 0.667. The van der Waals surface area contributed by atoms with Crippen molar-refractivity contribution < 1.29 is 5.11 Å². The summed E-state index contributed by atoms with van der Waals surface area (Å²) in [7, 11) is 0. The van der Waals surface area contributed by atoms with E-state index in [2.05, 4.69) is 46.8 Å². The van der Waals surface area contributed by atoms with Gasteiger partial charge in [0.1, 0.15) is 0 Å². The largest absolute Gasteiger partial charge is 0.388 e. The molecule has 1 fully saturated rings. The van der Waals surface area contributed by atoms with Gasteiger partial charge in [-0.05, 0) is 68.1 Å². The summed E-state index contributed by atoms with van der Waals surface area (Å²) in [4.78, 5) is 0. The lowest BCUT2D eigenvalue weighted by molar-refractivity contribution is 0.0552. The Labute approximate surface area is 118 Å². The van der Waals surface area contributed by atoms with Gasteiger partial charge >= 0.3 is 0 Å². The molecule has 0 saturated heterocycles. The van der Waals surface area contributed by atoms with Crippen LogP contribution in [-0.2, 0) is 0 Å². The number of aliphatic hydroxyl groups excluding tert-OH is 1. The number of benzene rings is 1. The third kappa shape index (κ3) is 3.02. The van der Waals surface area contributed by atoms with Crippen LogP contribution in [0.5, 0.6) is 0 Å². The van der Waals surface area contributed by atoms with Crippen molar-refractivity contribution >= 4 is 0 Å². The highest BCUT2D eigenvalue weighted by Gasteiger charge is 2.31. The Kier molecular flexibility index (Phi) is 4.35. The summed E-state index contributed by atoms with van der Waals surface area (Å²) < 4.78 is 0. The van der Waals surface area contributed by atoms with Crippen LogP contribution in [0, 0.1) is 38.5 Å². The minimum Gasteiger partial charge on any atom is -0.388 e. The van der Waals surface area contributed by atoms with Crippen LogP contribution in [0.3, 0.4) is 0 Å². The van der Waals surface area contributed by atoms with Crippen molar-refractivity contribution in [3.8, 4) is 0 Å². The van der Waals surface area contributed by atoms with Gasteiger partial charge in [0.15, 0.2) is 0 Å². The van der Waals surface area contributed by atoms with Gasteiger partial charge in [0.2, 0.25) is 0 Å². The molecule has 0 radical (unpaired) electrons. The van der Waals surface area contributed by atoms with Crippen LogP contribution >= 0.6 is 0 Å². The molecular weight excluding hydrogens is 232 g/mol. The maximum Gasteiger partial charge on any atom is 0.0823 e. The standard InChI is InChI=1S/C18H28O/c1-11-8-14(4)17(15(5)9-11)18(19)16-7-6-12(2)13(3)10-16/h8-9,12-13,16,18-19H,6-7,10H2,1-5H3. The normalized spacial score (nSPS) is 29.3. The summed E-state index contributed by atoms with van der Waals surface area (Å²) in [5.74, 6) is 1.98. The second kappa shape index (κ2) is 5.66. The van der Waals surface area contributed by atoms with E-state index >= 15 is 0 Å². The lowest BCUT2D eigenvalue weighted by Gasteiger charge is -2.35. The number of aryl methyl sites for hydroxylation is 3. The van der Waals surface area contributed by atoms with Crippen LogP contribution in [-0.4, -0.2) is 5.11 Å². The zero-order chi connectivity index (χ0) is 14.2. The van der Waals surface area contributed by atoms with Crippen LogP contribution in [0.25, 0.3) is 0 Å². The van der Waals surface area contributed by atoms with E-state index < -0.39 is 0 Å². The van der Waals surface area contributed by atoms with E-state index in [1.807, 2.05) is 0 Å².